The number of nitrogens with zero attached hydrogens (tertiary/aromatic N) is 1. The molecule has 56 valence electrons. The Bertz CT molecular complexity index is 444. The monoisotopic (exact) mass is 167 g/mol. The van der Waals surface area contributed by atoms with Crippen LogP contribution in [0, 0.1) is 0 Å². The number of aromatic amines is 1. The van der Waals surface area contributed by atoms with Crippen molar-refractivity contribution >= 4 is 27.1 Å². The Kier molecular flexibility index (Phi) is 1.19. The fourth-order valence-corrected chi connectivity index (χ4v) is 1.74. The first-order valence-corrected chi connectivity index (χ1v) is 3.87. The maximum Gasteiger partial charge on any atom is 0.274 e. The summed E-state index contributed by atoms with van der Waals surface area (Å²) in [5.41, 5.74) is 5.84. The fourth-order valence-electron chi connectivity index (χ4n) is 0.930. The third-order valence-corrected chi connectivity index (χ3v) is 2.36. The van der Waals surface area contributed by atoms with Crippen LogP contribution in [0.25, 0.3) is 10.1 Å². The first kappa shape index (κ1) is 6.36. The molecular weight excluding hydrogens is 162 g/mol. The Morgan fingerprint density at radius 1 is 1.64 bits per heavy atom. The molecule has 2 aromatic rings. The van der Waals surface area contributed by atoms with E-state index in [1.807, 2.05) is 0 Å². The molecule has 0 aliphatic carbocycles. The lowest BCUT2D eigenvalue weighted by Gasteiger charge is -1.86. The Hall–Kier alpha value is -1.36. The van der Waals surface area contributed by atoms with Gasteiger partial charge in [-0.25, -0.2) is 5.10 Å². The van der Waals surface area contributed by atoms with Crippen molar-refractivity contribution in [3.8, 4) is 0 Å². The largest absolute Gasteiger partial charge is 0.397 e. The second-order valence-corrected chi connectivity index (χ2v) is 3.04. The van der Waals surface area contributed by atoms with Crippen LogP contribution >= 0.6 is 11.3 Å². The number of thiophene rings is 1. The van der Waals surface area contributed by atoms with E-state index in [0.29, 0.717) is 11.1 Å². The van der Waals surface area contributed by atoms with Gasteiger partial charge in [-0.05, 0) is 0 Å². The molecule has 5 heteroatoms. The van der Waals surface area contributed by atoms with E-state index in [0.717, 1.165) is 4.70 Å². The van der Waals surface area contributed by atoms with Gasteiger partial charge in [0.15, 0.2) is 0 Å². The number of anilines is 1. The molecule has 2 rings (SSSR count). The first-order chi connectivity index (χ1) is 5.29. The van der Waals surface area contributed by atoms with Gasteiger partial charge < -0.3 is 5.73 Å². The number of nitrogens with one attached hydrogen (secondary N) is 1. The summed E-state index contributed by atoms with van der Waals surface area (Å²) in [6, 6.07) is 0. The Labute approximate surface area is 65.7 Å². The summed E-state index contributed by atoms with van der Waals surface area (Å²) >= 11 is 1.42. The number of nitrogen functional groups attached to an aromatic ring is 1. The van der Waals surface area contributed by atoms with Crippen LogP contribution in [0.1, 0.15) is 0 Å². The summed E-state index contributed by atoms with van der Waals surface area (Å²) in [6.07, 6.45) is 1.60. The van der Waals surface area contributed by atoms with Crippen LogP contribution in [0.2, 0.25) is 0 Å². The van der Waals surface area contributed by atoms with Gasteiger partial charge in [0.25, 0.3) is 5.56 Å². The summed E-state index contributed by atoms with van der Waals surface area (Å²) in [5, 5.41) is 8.25. The second kappa shape index (κ2) is 2.06. The summed E-state index contributed by atoms with van der Waals surface area (Å²) in [7, 11) is 0. The molecule has 0 saturated heterocycles. The molecule has 0 radical (unpaired) electrons. The van der Waals surface area contributed by atoms with Crippen LogP contribution in [-0.4, -0.2) is 10.2 Å². The van der Waals surface area contributed by atoms with Crippen LogP contribution < -0.4 is 11.3 Å². The minimum atomic E-state index is -0.221. The maximum atomic E-state index is 11.1. The van der Waals surface area contributed by atoms with Gasteiger partial charge in [-0.1, -0.05) is 0 Å². The Morgan fingerprint density at radius 2 is 2.45 bits per heavy atom. The van der Waals surface area contributed by atoms with E-state index in [1.165, 1.54) is 11.3 Å². The SMILES string of the molecule is Nc1csc2cn[nH]c(=O)c12. The molecule has 4 nitrogen and oxygen atoms in total. The minimum absolute atomic E-state index is 0.221. The van der Waals surface area contributed by atoms with Crippen molar-refractivity contribution < 1.29 is 0 Å². The summed E-state index contributed by atoms with van der Waals surface area (Å²) in [5.74, 6) is 0. The molecule has 2 aromatic heterocycles. The summed E-state index contributed by atoms with van der Waals surface area (Å²) in [6.45, 7) is 0. The first-order valence-electron chi connectivity index (χ1n) is 2.99. The molecule has 0 saturated carbocycles. The molecule has 11 heavy (non-hydrogen) atoms. The lowest BCUT2D eigenvalue weighted by atomic mass is 10.3. The molecule has 0 aliphatic rings. The van der Waals surface area contributed by atoms with E-state index in [2.05, 4.69) is 10.2 Å². The number of H-pyrrole nitrogens is 1. The van der Waals surface area contributed by atoms with Crippen molar-refractivity contribution in [2.24, 2.45) is 0 Å². The zero-order valence-corrected chi connectivity index (χ0v) is 6.31. The van der Waals surface area contributed by atoms with Crippen LogP contribution in [0.3, 0.4) is 0 Å². The fraction of sp³-hybridized carbons (Fsp3) is 0. The molecule has 3 N–H and O–H groups in total. The van der Waals surface area contributed by atoms with Crippen LogP contribution in [0.4, 0.5) is 5.69 Å². The van der Waals surface area contributed by atoms with Gasteiger partial charge in [0.1, 0.15) is 0 Å². The number of aromatic nitrogens is 2. The molecule has 0 unspecified atom stereocenters. The number of nitrogens with two attached hydrogens (primary N) is 1. The zero-order chi connectivity index (χ0) is 7.84. The standard InChI is InChI=1S/C6H5N3OS/c7-3-2-11-4-1-8-9-6(10)5(3)4/h1-2H,7H2,(H,9,10). The van der Waals surface area contributed by atoms with E-state index in [9.17, 15) is 4.79 Å². The minimum Gasteiger partial charge on any atom is -0.397 e. The van der Waals surface area contributed by atoms with Crippen molar-refractivity contribution in [2.45, 2.75) is 0 Å². The average molecular weight is 167 g/mol. The zero-order valence-electron chi connectivity index (χ0n) is 5.50. The lowest BCUT2D eigenvalue weighted by Crippen LogP contribution is -2.07. The number of rotatable bonds is 0. The highest BCUT2D eigenvalue weighted by Crippen LogP contribution is 2.22. The van der Waals surface area contributed by atoms with E-state index in [1.54, 1.807) is 11.6 Å². The number of hydrogen-bond acceptors (Lipinski definition) is 4. The van der Waals surface area contributed by atoms with E-state index in [4.69, 9.17) is 5.73 Å². The number of fused-ring (bicyclic) bond motifs is 1. The Balaban J connectivity index is 3.08. The molecule has 0 fully saturated rings. The van der Waals surface area contributed by atoms with Crippen LogP contribution in [-0.2, 0) is 0 Å². The van der Waals surface area contributed by atoms with E-state index in [-0.39, 0.29) is 5.56 Å². The lowest BCUT2D eigenvalue weighted by molar-refractivity contribution is 1.01. The molecule has 0 aliphatic heterocycles. The highest BCUT2D eigenvalue weighted by atomic mass is 32.1. The third-order valence-electron chi connectivity index (χ3n) is 1.42. The number of hydrogen-bond donors (Lipinski definition) is 2. The highest BCUT2D eigenvalue weighted by molar-refractivity contribution is 7.17. The second-order valence-electron chi connectivity index (χ2n) is 2.13. The molecular formula is C6H5N3OS. The molecule has 0 atom stereocenters. The van der Waals surface area contributed by atoms with Crippen molar-refractivity contribution in [1.29, 1.82) is 0 Å². The molecule has 0 bridgehead atoms. The quantitative estimate of drug-likeness (QED) is 0.602. The Morgan fingerprint density at radius 3 is 3.18 bits per heavy atom. The van der Waals surface area contributed by atoms with Crippen molar-refractivity contribution in [1.82, 2.24) is 10.2 Å². The topological polar surface area (TPSA) is 71.8 Å². The molecule has 0 aromatic carbocycles. The summed E-state index contributed by atoms with van der Waals surface area (Å²) in [4.78, 5) is 11.1. The summed E-state index contributed by atoms with van der Waals surface area (Å²) < 4.78 is 0.825. The third kappa shape index (κ3) is 0.813. The van der Waals surface area contributed by atoms with Gasteiger partial charge in [-0.2, -0.15) is 5.10 Å². The van der Waals surface area contributed by atoms with Gasteiger partial charge >= 0.3 is 0 Å². The van der Waals surface area contributed by atoms with E-state index >= 15 is 0 Å². The average Bonchev–Trinajstić information content (AvgIpc) is 2.34. The normalized spacial score (nSPS) is 10.5. The molecule has 0 spiro atoms. The highest BCUT2D eigenvalue weighted by Gasteiger charge is 2.03. The van der Waals surface area contributed by atoms with Crippen LogP contribution in [0.5, 0.6) is 0 Å². The van der Waals surface area contributed by atoms with Crippen molar-refractivity contribution in [3.63, 3.8) is 0 Å². The van der Waals surface area contributed by atoms with Gasteiger partial charge in [-0.3, -0.25) is 4.79 Å². The van der Waals surface area contributed by atoms with E-state index < -0.39 is 0 Å². The van der Waals surface area contributed by atoms with Crippen molar-refractivity contribution in [3.05, 3.63) is 21.9 Å². The predicted molar refractivity (Wildman–Crippen MR) is 44.7 cm³/mol. The van der Waals surface area contributed by atoms with Gasteiger partial charge in [0.05, 0.1) is 22.0 Å². The molecule has 0 amide bonds. The maximum absolute atomic E-state index is 11.1. The van der Waals surface area contributed by atoms with Gasteiger partial charge in [0.2, 0.25) is 0 Å². The predicted octanol–water partition coefficient (Wildman–Crippen LogP) is 0.567. The van der Waals surface area contributed by atoms with Crippen molar-refractivity contribution in [2.75, 3.05) is 5.73 Å². The molecule has 2 heterocycles. The van der Waals surface area contributed by atoms with Gasteiger partial charge in [-0.15, -0.1) is 11.3 Å². The van der Waals surface area contributed by atoms with Crippen LogP contribution in [0.15, 0.2) is 16.4 Å². The smallest absolute Gasteiger partial charge is 0.274 e. The van der Waals surface area contributed by atoms with Gasteiger partial charge in [0, 0.05) is 5.38 Å².